The number of rotatable bonds is 8. The minimum absolute atomic E-state index is 0.0324. The number of nitrogens with zero attached hydrogens (tertiary/aromatic N) is 1. The quantitative estimate of drug-likeness (QED) is 0.584. The van der Waals surface area contributed by atoms with Gasteiger partial charge in [0.1, 0.15) is 10.6 Å². The molecule has 0 saturated heterocycles. The number of nitrogens with two attached hydrogens (primary N) is 1. The highest BCUT2D eigenvalue weighted by Gasteiger charge is 2.30. The SMILES string of the molecule is NC(=O)CCCNS(=O)(=O)c1cc(C(=O)O)n(C2CC2)c1. The van der Waals surface area contributed by atoms with E-state index in [1.54, 1.807) is 0 Å². The summed E-state index contributed by atoms with van der Waals surface area (Å²) in [5.41, 5.74) is 4.93. The van der Waals surface area contributed by atoms with Gasteiger partial charge in [0.05, 0.1) is 0 Å². The summed E-state index contributed by atoms with van der Waals surface area (Å²) in [4.78, 5) is 21.6. The van der Waals surface area contributed by atoms with Crippen LogP contribution in [0.2, 0.25) is 0 Å². The van der Waals surface area contributed by atoms with Gasteiger partial charge >= 0.3 is 5.97 Å². The fourth-order valence-corrected chi connectivity index (χ4v) is 3.08. The molecule has 0 unspecified atom stereocenters. The van der Waals surface area contributed by atoms with Crippen LogP contribution in [0.3, 0.4) is 0 Å². The highest BCUT2D eigenvalue weighted by molar-refractivity contribution is 7.89. The molecule has 1 heterocycles. The van der Waals surface area contributed by atoms with Crippen molar-refractivity contribution in [2.24, 2.45) is 5.73 Å². The molecule has 1 saturated carbocycles. The maximum atomic E-state index is 12.1. The van der Waals surface area contributed by atoms with Crippen LogP contribution >= 0.6 is 0 Å². The van der Waals surface area contributed by atoms with E-state index >= 15 is 0 Å². The van der Waals surface area contributed by atoms with Crippen molar-refractivity contribution < 1.29 is 23.1 Å². The largest absolute Gasteiger partial charge is 0.477 e. The average Bonchev–Trinajstić information content (AvgIpc) is 3.12. The first-order valence-corrected chi connectivity index (χ1v) is 8.02. The maximum absolute atomic E-state index is 12.1. The fraction of sp³-hybridized carbons (Fsp3) is 0.500. The molecule has 0 spiro atoms. The van der Waals surface area contributed by atoms with Crippen molar-refractivity contribution in [2.45, 2.75) is 36.6 Å². The number of carboxylic acids is 1. The Bertz CT molecular complexity index is 660. The second-order valence-corrected chi connectivity index (χ2v) is 6.74. The minimum atomic E-state index is -3.79. The average molecular weight is 315 g/mol. The predicted molar refractivity (Wildman–Crippen MR) is 73.3 cm³/mol. The zero-order valence-electron chi connectivity index (χ0n) is 11.3. The summed E-state index contributed by atoms with van der Waals surface area (Å²) in [6, 6.07) is 1.21. The van der Waals surface area contributed by atoms with Gasteiger partial charge in [-0.15, -0.1) is 0 Å². The molecule has 116 valence electrons. The third kappa shape index (κ3) is 3.82. The van der Waals surface area contributed by atoms with E-state index in [-0.39, 0.29) is 29.6 Å². The van der Waals surface area contributed by atoms with Crippen molar-refractivity contribution in [3.8, 4) is 0 Å². The fourth-order valence-electron chi connectivity index (χ4n) is 1.98. The topological polar surface area (TPSA) is 131 Å². The normalized spacial score (nSPS) is 15.0. The summed E-state index contributed by atoms with van der Waals surface area (Å²) in [7, 11) is -3.79. The number of carbonyl (C=O) groups is 2. The number of hydrogen-bond acceptors (Lipinski definition) is 4. The van der Waals surface area contributed by atoms with Crippen molar-refractivity contribution >= 4 is 21.9 Å². The Morgan fingerprint density at radius 1 is 1.43 bits per heavy atom. The van der Waals surface area contributed by atoms with E-state index in [1.165, 1.54) is 10.8 Å². The van der Waals surface area contributed by atoms with E-state index in [1.807, 2.05) is 0 Å². The Morgan fingerprint density at radius 3 is 2.62 bits per heavy atom. The lowest BCUT2D eigenvalue weighted by Crippen LogP contribution is -2.25. The molecule has 1 aliphatic rings. The van der Waals surface area contributed by atoms with Crippen LogP contribution in [0.15, 0.2) is 17.2 Å². The number of amides is 1. The molecule has 1 aromatic heterocycles. The molecule has 8 nitrogen and oxygen atoms in total. The van der Waals surface area contributed by atoms with Gasteiger partial charge in [0.2, 0.25) is 15.9 Å². The summed E-state index contributed by atoms with van der Waals surface area (Å²) < 4.78 is 28.0. The van der Waals surface area contributed by atoms with E-state index in [0.717, 1.165) is 18.9 Å². The standard InChI is InChI=1S/C12H17N3O5S/c13-11(16)2-1-5-14-21(19,20)9-6-10(12(17)18)15(7-9)8-3-4-8/h6-8,14H,1-5H2,(H2,13,16)(H,17,18). The summed E-state index contributed by atoms with van der Waals surface area (Å²) >= 11 is 0. The third-order valence-electron chi connectivity index (χ3n) is 3.19. The van der Waals surface area contributed by atoms with Crippen molar-refractivity contribution in [2.75, 3.05) is 6.54 Å². The number of nitrogens with one attached hydrogen (secondary N) is 1. The Labute approximate surface area is 122 Å². The highest BCUT2D eigenvalue weighted by atomic mass is 32.2. The molecule has 2 rings (SSSR count). The summed E-state index contributed by atoms with van der Waals surface area (Å²) in [6.45, 7) is 0.0717. The number of aromatic nitrogens is 1. The number of primary amides is 1. The third-order valence-corrected chi connectivity index (χ3v) is 4.61. The lowest BCUT2D eigenvalue weighted by atomic mass is 10.3. The number of carboxylic acid groups (broad SMARTS) is 1. The van der Waals surface area contributed by atoms with Crippen molar-refractivity contribution in [1.29, 1.82) is 0 Å². The molecule has 0 radical (unpaired) electrons. The molecular formula is C12H17N3O5S. The smallest absolute Gasteiger partial charge is 0.352 e. The highest BCUT2D eigenvalue weighted by Crippen LogP contribution is 2.37. The van der Waals surface area contributed by atoms with E-state index in [2.05, 4.69) is 4.72 Å². The Hall–Kier alpha value is -1.87. The molecule has 0 atom stereocenters. The van der Waals surface area contributed by atoms with Gasteiger partial charge in [-0.1, -0.05) is 0 Å². The van der Waals surface area contributed by atoms with Crippen LogP contribution in [0, 0.1) is 0 Å². The van der Waals surface area contributed by atoms with Crippen molar-refractivity contribution in [1.82, 2.24) is 9.29 Å². The van der Waals surface area contributed by atoms with Gasteiger partial charge in [-0.3, -0.25) is 4.79 Å². The lowest BCUT2D eigenvalue weighted by Gasteiger charge is -2.04. The molecule has 0 bridgehead atoms. The van der Waals surface area contributed by atoms with Gasteiger partial charge in [0, 0.05) is 25.2 Å². The lowest BCUT2D eigenvalue weighted by molar-refractivity contribution is -0.118. The zero-order valence-corrected chi connectivity index (χ0v) is 12.1. The molecule has 1 amide bonds. The van der Waals surface area contributed by atoms with E-state index < -0.39 is 21.9 Å². The van der Waals surface area contributed by atoms with Crippen LogP contribution < -0.4 is 10.5 Å². The van der Waals surface area contributed by atoms with Gasteiger partial charge < -0.3 is 15.4 Å². The molecular weight excluding hydrogens is 298 g/mol. The number of hydrogen-bond donors (Lipinski definition) is 3. The number of aromatic carboxylic acids is 1. The van der Waals surface area contributed by atoms with Gasteiger partial charge in [0.15, 0.2) is 0 Å². The van der Waals surface area contributed by atoms with Crippen LogP contribution in [-0.4, -0.2) is 36.5 Å². The molecule has 0 aliphatic heterocycles. The molecule has 1 aromatic rings. The van der Waals surface area contributed by atoms with Crippen LogP contribution in [0.4, 0.5) is 0 Å². The number of carbonyl (C=O) groups excluding carboxylic acids is 1. The first-order valence-electron chi connectivity index (χ1n) is 6.54. The van der Waals surface area contributed by atoms with E-state index in [9.17, 15) is 18.0 Å². The molecule has 21 heavy (non-hydrogen) atoms. The summed E-state index contributed by atoms with van der Waals surface area (Å²) in [5, 5.41) is 9.11. The molecule has 1 aliphatic carbocycles. The van der Waals surface area contributed by atoms with E-state index in [0.29, 0.717) is 6.42 Å². The van der Waals surface area contributed by atoms with E-state index in [4.69, 9.17) is 10.8 Å². The van der Waals surface area contributed by atoms with Crippen LogP contribution in [0.1, 0.15) is 42.2 Å². The predicted octanol–water partition coefficient (Wildman–Crippen LogP) is 0.0650. The number of sulfonamides is 1. The minimum Gasteiger partial charge on any atom is -0.477 e. The summed E-state index contributed by atoms with van der Waals surface area (Å²) in [6.07, 6.45) is 3.42. The Balaban J connectivity index is 2.11. The first kappa shape index (κ1) is 15.5. The maximum Gasteiger partial charge on any atom is 0.352 e. The molecule has 1 fully saturated rings. The van der Waals surface area contributed by atoms with Gasteiger partial charge in [-0.05, 0) is 25.3 Å². The van der Waals surface area contributed by atoms with Crippen molar-refractivity contribution in [3.05, 3.63) is 18.0 Å². The van der Waals surface area contributed by atoms with Crippen molar-refractivity contribution in [3.63, 3.8) is 0 Å². The van der Waals surface area contributed by atoms with Gasteiger partial charge in [-0.25, -0.2) is 17.9 Å². The molecule has 9 heteroatoms. The zero-order chi connectivity index (χ0) is 15.6. The second kappa shape index (κ2) is 5.86. The van der Waals surface area contributed by atoms with Crippen LogP contribution in [-0.2, 0) is 14.8 Å². The molecule has 4 N–H and O–H groups in total. The second-order valence-electron chi connectivity index (χ2n) is 4.97. The van der Waals surface area contributed by atoms with Gasteiger partial charge in [0.25, 0.3) is 0 Å². The summed E-state index contributed by atoms with van der Waals surface area (Å²) in [5.74, 6) is -1.65. The van der Waals surface area contributed by atoms with Crippen LogP contribution in [0.5, 0.6) is 0 Å². The van der Waals surface area contributed by atoms with Gasteiger partial charge in [-0.2, -0.15) is 0 Å². The first-order chi connectivity index (χ1) is 9.81. The Morgan fingerprint density at radius 2 is 2.10 bits per heavy atom. The Kier molecular flexibility index (Phi) is 4.33. The van der Waals surface area contributed by atoms with Crippen LogP contribution in [0.25, 0.3) is 0 Å². The molecule has 0 aromatic carbocycles. The monoisotopic (exact) mass is 315 g/mol.